The van der Waals surface area contributed by atoms with E-state index in [0.29, 0.717) is 19.7 Å². The van der Waals surface area contributed by atoms with Crippen LogP contribution in [-0.2, 0) is 16.0 Å². The van der Waals surface area contributed by atoms with Gasteiger partial charge in [-0.15, -0.1) is 11.3 Å². The van der Waals surface area contributed by atoms with Crippen molar-refractivity contribution < 1.29 is 14.6 Å². The lowest BCUT2D eigenvalue weighted by atomic mass is 10.1. The molecule has 2 unspecified atom stereocenters. The van der Waals surface area contributed by atoms with Gasteiger partial charge in [-0.3, -0.25) is 4.79 Å². The van der Waals surface area contributed by atoms with Crippen molar-refractivity contribution in [2.75, 3.05) is 19.7 Å². The van der Waals surface area contributed by atoms with Crippen molar-refractivity contribution in [3.8, 4) is 10.6 Å². The van der Waals surface area contributed by atoms with Crippen LogP contribution >= 0.6 is 11.3 Å². The minimum Gasteiger partial charge on any atom is -0.391 e. The van der Waals surface area contributed by atoms with Crippen molar-refractivity contribution in [3.63, 3.8) is 0 Å². The molecule has 0 spiro atoms. The van der Waals surface area contributed by atoms with Crippen molar-refractivity contribution in [2.45, 2.75) is 25.6 Å². The Morgan fingerprint density at radius 2 is 2.26 bits per heavy atom. The second kappa shape index (κ2) is 7.21. The summed E-state index contributed by atoms with van der Waals surface area (Å²) in [6.07, 6.45) is -0.590. The zero-order valence-electron chi connectivity index (χ0n) is 13.0. The highest BCUT2D eigenvalue weighted by Gasteiger charge is 2.27. The van der Waals surface area contributed by atoms with E-state index in [0.717, 1.165) is 16.3 Å². The van der Waals surface area contributed by atoms with Gasteiger partial charge in [0.15, 0.2) is 0 Å². The summed E-state index contributed by atoms with van der Waals surface area (Å²) in [5.41, 5.74) is 1.86. The lowest BCUT2D eigenvalue weighted by molar-refractivity contribution is -0.142. The van der Waals surface area contributed by atoms with Crippen LogP contribution in [0.15, 0.2) is 35.7 Å². The predicted molar refractivity (Wildman–Crippen MR) is 89.3 cm³/mol. The van der Waals surface area contributed by atoms with E-state index in [1.807, 2.05) is 35.7 Å². The molecule has 6 heteroatoms. The standard InChI is InChI=1S/C17H20N2O3S/c1-12(20)15-10-19(7-8-22-15)16(21)9-14-11-23-17(18-14)13-5-3-2-4-6-13/h2-6,11-12,15,20H,7-10H2,1H3. The van der Waals surface area contributed by atoms with Crippen LogP contribution in [0.2, 0.25) is 0 Å². The lowest BCUT2D eigenvalue weighted by Gasteiger charge is -2.34. The number of carbonyl (C=O) groups excluding carboxylic acids is 1. The van der Waals surface area contributed by atoms with E-state index in [-0.39, 0.29) is 18.4 Å². The van der Waals surface area contributed by atoms with E-state index < -0.39 is 6.10 Å². The molecule has 3 rings (SSSR count). The summed E-state index contributed by atoms with van der Waals surface area (Å²) in [6.45, 7) is 3.16. The highest BCUT2D eigenvalue weighted by molar-refractivity contribution is 7.13. The van der Waals surface area contributed by atoms with Crippen LogP contribution in [0.3, 0.4) is 0 Å². The summed E-state index contributed by atoms with van der Waals surface area (Å²) in [5.74, 6) is 0.0314. The number of aliphatic hydroxyl groups excluding tert-OH is 1. The van der Waals surface area contributed by atoms with Crippen LogP contribution < -0.4 is 0 Å². The first kappa shape index (κ1) is 16.1. The number of morpholine rings is 1. The van der Waals surface area contributed by atoms with Gasteiger partial charge >= 0.3 is 0 Å². The van der Waals surface area contributed by atoms with Crippen molar-refractivity contribution >= 4 is 17.2 Å². The van der Waals surface area contributed by atoms with Gasteiger partial charge in [-0.2, -0.15) is 0 Å². The van der Waals surface area contributed by atoms with Gasteiger partial charge in [0.2, 0.25) is 5.91 Å². The number of carbonyl (C=O) groups is 1. The Kier molecular flexibility index (Phi) is 5.05. The molecule has 1 N–H and O–H groups in total. The van der Waals surface area contributed by atoms with Gasteiger partial charge in [-0.25, -0.2) is 4.98 Å². The zero-order valence-corrected chi connectivity index (χ0v) is 13.8. The number of aliphatic hydroxyl groups is 1. The third kappa shape index (κ3) is 3.96. The van der Waals surface area contributed by atoms with E-state index in [1.165, 1.54) is 0 Å². The Hall–Kier alpha value is -1.76. The number of aromatic nitrogens is 1. The molecule has 5 nitrogen and oxygen atoms in total. The Balaban J connectivity index is 1.63. The minimum atomic E-state index is -0.574. The first-order valence-electron chi connectivity index (χ1n) is 7.71. The van der Waals surface area contributed by atoms with Gasteiger partial charge in [0.05, 0.1) is 24.8 Å². The minimum absolute atomic E-state index is 0.0314. The van der Waals surface area contributed by atoms with Gasteiger partial charge in [-0.05, 0) is 6.92 Å². The summed E-state index contributed by atoms with van der Waals surface area (Å²) in [6, 6.07) is 9.95. The number of hydrogen-bond acceptors (Lipinski definition) is 5. The van der Waals surface area contributed by atoms with E-state index >= 15 is 0 Å². The van der Waals surface area contributed by atoms with Gasteiger partial charge < -0.3 is 14.7 Å². The van der Waals surface area contributed by atoms with Crippen molar-refractivity contribution in [1.82, 2.24) is 9.88 Å². The fourth-order valence-electron chi connectivity index (χ4n) is 2.56. The average molecular weight is 332 g/mol. The van der Waals surface area contributed by atoms with Crippen molar-refractivity contribution in [2.24, 2.45) is 0 Å². The smallest absolute Gasteiger partial charge is 0.228 e. The molecular formula is C17H20N2O3S. The molecule has 0 bridgehead atoms. The van der Waals surface area contributed by atoms with Crippen LogP contribution in [0.5, 0.6) is 0 Å². The summed E-state index contributed by atoms with van der Waals surface area (Å²) in [4.78, 5) is 18.7. The summed E-state index contributed by atoms with van der Waals surface area (Å²) in [7, 11) is 0. The normalized spacial score (nSPS) is 19.6. The molecule has 1 amide bonds. The molecule has 1 saturated heterocycles. The van der Waals surface area contributed by atoms with Crippen LogP contribution in [0, 0.1) is 0 Å². The third-order valence-corrected chi connectivity index (χ3v) is 4.83. The molecule has 0 aliphatic carbocycles. The second-order valence-electron chi connectivity index (χ2n) is 5.68. The maximum absolute atomic E-state index is 12.4. The molecule has 1 aromatic carbocycles. The fraction of sp³-hybridized carbons (Fsp3) is 0.412. The third-order valence-electron chi connectivity index (χ3n) is 3.89. The lowest BCUT2D eigenvalue weighted by Crippen LogP contribution is -2.49. The maximum Gasteiger partial charge on any atom is 0.228 e. The van der Waals surface area contributed by atoms with E-state index in [2.05, 4.69) is 4.98 Å². The van der Waals surface area contributed by atoms with E-state index in [1.54, 1.807) is 23.2 Å². The molecule has 2 atom stereocenters. The number of amides is 1. The fourth-order valence-corrected chi connectivity index (χ4v) is 3.39. The molecule has 0 saturated carbocycles. The highest BCUT2D eigenvalue weighted by atomic mass is 32.1. The number of benzene rings is 1. The number of nitrogens with zero attached hydrogens (tertiary/aromatic N) is 2. The molecule has 2 heterocycles. The first-order valence-corrected chi connectivity index (χ1v) is 8.58. The summed E-state index contributed by atoms with van der Waals surface area (Å²) < 4.78 is 5.47. The molecule has 23 heavy (non-hydrogen) atoms. The molecule has 2 aromatic rings. The van der Waals surface area contributed by atoms with Crippen molar-refractivity contribution in [1.29, 1.82) is 0 Å². The van der Waals surface area contributed by atoms with E-state index in [4.69, 9.17) is 4.74 Å². The van der Waals surface area contributed by atoms with Crippen LogP contribution in [0.4, 0.5) is 0 Å². The van der Waals surface area contributed by atoms with Gasteiger partial charge in [0, 0.05) is 24.0 Å². The van der Waals surface area contributed by atoms with E-state index in [9.17, 15) is 9.90 Å². The molecular weight excluding hydrogens is 312 g/mol. The van der Waals surface area contributed by atoms with Gasteiger partial charge in [0.1, 0.15) is 11.1 Å². The number of ether oxygens (including phenoxy) is 1. The van der Waals surface area contributed by atoms with Gasteiger partial charge in [0.25, 0.3) is 0 Å². The molecule has 1 aliphatic heterocycles. The Morgan fingerprint density at radius 1 is 1.48 bits per heavy atom. The monoisotopic (exact) mass is 332 g/mol. The quantitative estimate of drug-likeness (QED) is 0.930. The SMILES string of the molecule is CC(O)C1CN(C(=O)Cc2csc(-c3ccccc3)n2)CCO1. The van der Waals surface area contributed by atoms with Gasteiger partial charge in [-0.1, -0.05) is 30.3 Å². The molecule has 0 radical (unpaired) electrons. The number of hydrogen-bond donors (Lipinski definition) is 1. The topological polar surface area (TPSA) is 62.7 Å². The Labute approximate surface area is 139 Å². The molecule has 1 aromatic heterocycles. The largest absolute Gasteiger partial charge is 0.391 e. The first-order chi connectivity index (χ1) is 11.1. The maximum atomic E-state index is 12.4. The van der Waals surface area contributed by atoms with Crippen LogP contribution in [-0.4, -0.2) is 52.8 Å². The second-order valence-corrected chi connectivity index (χ2v) is 6.53. The summed E-state index contributed by atoms with van der Waals surface area (Å²) in [5, 5.41) is 12.5. The Morgan fingerprint density at radius 3 is 3.00 bits per heavy atom. The number of thiazole rings is 1. The van der Waals surface area contributed by atoms with Crippen LogP contribution in [0.25, 0.3) is 10.6 Å². The molecule has 1 aliphatic rings. The predicted octanol–water partition coefficient (Wildman–Crippen LogP) is 1.96. The molecule has 1 fully saturated rings. The average Bonchev–Trinajstić information content (AvgIpc) is 3.04. The van der Waals surface area contributed by atoms with Crippen molar-refractivity contribution in [3.05, 3.63) is 41.4 Å². The Bertz CT molecular complexity index is 657. The molecule has 122 valence electrons. The number of rotatable bonds is 4. The zero-order chi connectivity index (χ0) is 16.2. The summed E-state index contributed by atoms with van der Waals surface area (Å²) >= 11 is 1.55. The highest BCUT2D eigenvalue weighted by Crippen LogP contribution is 2.23. The van der Waals surface area contributed by atoms with Crippen LogP contribution in [0.1, 0.15) is 12.6 Å².